The summed E-state index contributed by atoms with van der Waals surface area (Å²) < 4.78 is 2.51. The Morgan fingerprint density at radius 3 is 2.56 bits per heavy atom. The van der Waals surface area contributed by atoms with Gasteiger partial charge in [-0.25, -0.2) is 4.58 Å². The third-order valence-electron chi connectivity index (χ3n) is 2.78. The van der Waals surface area contributed by atoms with E-state index < -0.39 is 0 Å². The molecule has 1 heterocycles. The van der Waals surface area contributed by atoms with Crippen LogP contribution in [-0.4, -0.2) is 21.9 Å². The molecule has 0 bridgehead atoms. The van der Waals surface area contributed by atoms with Gasteiger partial charge in [-0.15, -0.1) is 0 Å². The van der Waals surface area contributed by atoms with Gasteiger partial charge in [0, 0.05) is 12.0 Å². The van der Waals surface area contributed by atoms with E-state index in [2.05, 4.69) is 42.7 Å². The lowest BCUT2D eigenvalue weighted by molar-refractivity contribution is -0.534. The van der Waals surface area contributed by atoms with Crippen LogP contribution in [0.2, 0.25) is 0 Å². The van der Waals surface area contributed by atoms with Gasteiger partial charge < -0.3 is 17.0 Å². The maximum atomic E-state index is 2.51. The summed E-state index contributed by atoms with van der Waals surface area (Å²) in [6, 6.07) is 8.88. The zero-order chi connectivity index (χ0) is 10.7. The van der Waals surface area contributed by atoms with Crippen molar-refractivity contribution in [3.8, 4) is 0 Å². The molecule has 1 aromatic carbocycles. The first-order valence-electron chi connectivity index (χ1n) is 5.58. The first-order chi connectivity index (χ1) is 7.29. The molecular weight excluding hydrogens is 282 g/mol. The fourth-order valence-corrected chi connectivity index (χ4v) is 2.99. The summed E-state index contributed by atoms with van der Waals surface area (Å²) in [4.78, 5) is 0. The van der Waals surface area contributed by atoms with Crippen LogP contribution in [0.1, 0.15) is 24.5 Å². The molecule has 2 rings (SSSR count). The third-order valence-corrected chi connectivity index (χ3v) is 4.05. The molecule has 0 spiro atoms. The molecule has 3 heteroatoms. The van der Waals surface area contributed by atoms with Gasteiger partial charge in [-0.05, 0) is 6.92 Å². The second-order valence-electron chi connectivity index (χ2n) is 4.00. The van der Waals surface area contributed by atoms with Crippen molar-refractivity contribution in [2.75, 3.05) is 12.3 Å². The smallest absolute Gasteiger partial charge is 0.210 e. The van der Waals surface area contributed by atoms with E-state index in [9.17, 15) is 0 Å². The highest BCUT2D eigenvalue weighted by Gasteiger charge is 2.21. The Morgan fingerprint density at radius 1 is 1.25 bits per heavy atom. The minimum absolute atomic E-state index is 0. The number of hydrogen-bond acceptors (Lipinski definition) is 1. The van der Waals surface area contributed by atoms with E-state index in [4.69, 9.17) is 0 Å². The zero-order valence-corrected chi connectivity index (χ0v) is 12.3. The van der Waals surface area contributed by atoms with Crippen molar-refractivity contribution in [1.29, 1.82) is 0 Å². The molecule has 1 aliphatic heterocycles. The predicted octanol–water partition coefficient (Wildman–Crippen LogP) is 0.0668. The monoisotopic (exact) mass is 299 g/mol. The number of thioether (sulfide) groups is 1. The van der Waals surface area contributed by atoms with Crippen molar-refractivity contribution in [2.45, 2.75) is 26.8 Å². The fourth-order valence-electron chi connectivity index (χ4n) is 1.90. The normalized spacial score (nSPS) is 15.1. The van der Waals surface area contributed by atoms with Crippen LogP contribution in [0.4, 0.5) is 0 Å². The number of nitrogens with zero attached hydrogens (tertiary/aromatic N) is 1. The van der Waals surface area contributed by atoms with Gasteiger partial charge >= 0.3 is 0 Å². The Balaban J connectivity index is 0.00000128. The Morgan fingerprint density at radius 2 is 1.94 bits per heavy atom. The van der Waals surface area contributed by atoms with Gasteiger partial charge in [0.15, 0.2) is 13.1 Å². The van der Waals surface area contributed by atoms with Crippen LogP contribution in [0.5, 0.6) is 0 Å². The minimum Gasteiger partial charge on any atom is -1.00 e. The van der Waals surface area contributed by atoms with E-state index in [0.717, 1.165) is 6.54 Å². The predicted molar refractivity (Wildman–Crippen MR) is 67.8 cm³/mol. The number of halogens is 1. The van der Waals surface area contributed by atoms with Gasteiger partial charge in [-0.3, -0.25) is 0 Å². The van der Waals surface area contributed by atoms with E-state index in [-0.39, 0.29) is 17.0 Å². The van der Waals surface area contributed by atoms with Crippen molar-refractivity contribution in [2.24, 2.45) is 0 Å². The van der Waals surface area contributed by atoms with Crippen LogP contribution in [0, 0.1) is 6.92 Å². The van der Waals surface area contributed by atoms with Crippen LogP contribution in [0.25, 0.3) is 0 Å². The number of benzene rings is 1. The van der Waals surface area contributed by atoms with Crippen molar-refractivity contribution in [1.82, 2.24) is 0 Å². The van der Waals surface area contributed by atoms with E-state index in [1.165, 1.54) is 29.8 Å². The highest BCUT2D eigenvalue weighted by atomic mass is 79.9. The summed E-state index contributed by atoms with van der Waals surface area (Å²) in [5, 5.41) is 1.55. The average molecular weight is 300 g/mol. The lowest BCUT2D eigenvalue weighted by atomic mass is 10.1. The Kier molecular flexibility index (Phi) is 5.56. The molecule has 0 N–H and O–H groups in total. The highest BCUT2D eigenvalue weighted by Crippen LogP contribution is 2.16. The maximum absolute atomic E-state index is 2.51. The zero-order valence-electron chi connectivity index (χ0n) is 9.87. The molecule has 1 aromatic rings. The molecule has 88 valence electrons. The average Bonchev–Trinajstić information content (AvgIpc) is 2.69. The summed E-state index contributed by atoms with van der Waals surface area (Å²) in [5.41, 5.74) is 2.77. The van der Waals surface area contributed by atoms with Crippen molar-refractivity contribution in [3.63, 3.8) is 0 Å². The summed E-state index contributed by atoms with van der Waals surface area (Å²) in [5.74, 6) is 1.26. The van der Waals surface area contributed by atoms with Gasteiger partial charge in [0.2, 0.25) is 5.04 Å². The lowest BCUT2D eigenvalue weighted by Gasteiger charge is -2.01. The summed E-state index contributed by atoms with van der Waals surface area (Å²) >= 11 is 2.02. The first kappa shape index (κ1) is 13.8. The molecule has 0 aliphatic carbocycles. The maximum Gasteiger partial charge on any atom is 0.210 e. The SMILES string of the molecule is CCC1=[N+](Cc2ccc(C)cc2)CCS1.[Br-]. The van der Waals surface area contributed by atoms with Crippen LogP contribution >= 0.6 is 11.8 Å². The van der Waals surface area contributed by atoms with E-state index in [1.54, 1.807) is 5.04 Å². The largest absolute Gasteiger partial charge is 1.00 e. The molecule has 0 fully saturated rings. The van der Waals surface area contributed by atoms with E-state index >= 15 is 0 Å². The van der Waals surface area contributed by atoms with Crippen LogP contribution < -0.4 is 17.0 Å². The molecule has 0 radical (unpaired) electrons. The molecule has 1 nitrogen and oxygen atoms in total. The van der Waals surface area contributed by atoms with Crippen molar-refractivity contribution in [3.05, 3.63) is 35.4 Å². The summed E-state index contributed by atoms with van der Waals surface area (Å²) in [6.07, 6.45) is 1.18. The van der Waals surface area contributed by atoms with Crippen LogP contribution in [0.15, 0.2) is 24.3 Å². The van der Waals surface area contributed by atoms with Crippen LogP contribution in [-0.2, 0) is 6.54 Å². The molecule has 16 heavy (non-hydrogen) atoms. The minimum atomic E-state index is 0. The number of hydrogen-bond donors (Lipinski definition) is 0. The van der Waals surface area contributed by atoms with Gasteiger partial charge in [0.05, 0.1) is 5.75 Å². The molecule has 1 aliphatic rings. The molecule has 0 saturated heterocycles. The Labute approximate surface area is 113 Å². The fraction of sp³-hybridized carbons (Fsp3) is 0.462. The number of aryl methyl sites for hydroxylation is 1. The van der Waals surface area contributed by atoms with Gasteiger partial charge in [-0.1, -0.05) is 48.5 Å². The molecule has 0 atom stereocenters. The Bertz CT molecular complexity index is 370. The second kappa shape index (κ2) is 6.45. The van der Waals surface area contributed by atoms with Crippen molar-refractivity contribution >= 4 is 16.8 Å². The molecule has 0 unspecified atom stereocenters. The van der Waals surface area contributed by atoms with Crippen molar-refractivity contribution < 1.29 is 21.6 Å². The molecular formula is C13H18BrNS. The highest BCUT2D eigenvalue weighted by molar-refractivity contribution is 8.13. The van der Waals surface area contributed by atoms with Crippen LogP contribution in [0.3, 0.4) is 0 Å². The van der Waals surface area contributed by atoms with Gasteiger partial charge in [0.1, 0.15) is 0 Å². The van der Waals surface area contributed by atoms with Gasteiger partial charge in [0.25, 0.3) is 0 Å². The first-order valence-corrected chi connectivity index (χ1v) is 6.57. The van der Waals surface area contributed by atoms with Gasteiger partial charge in [-0.2, -0.15) is 0 Å². The lowest BCUT2D eigenvalue weighted by Crippen LogP contribution is -3.00. The third kappa shape index (κ3) is 3.36. The quantitative estimate of drug-likeness (QED) is 0.714. The summed E-state index contributed by atoms with van der Waals surface area (Å²) in [6.45, 7) is 6.67. The molecule has 0 aromatic heterocycles. The standard InChI is InChI=1S/C13H18NS.BrH/c1-3-13-14(8-9-15-13)10-12-6-4-11(2)5-7-12;/h4-7H,3,8-10H2,1-2H3;1H/q+1;/p-1. The summed E-state index contributed by atoms with van der Waals surface area (Å²) in [7, 11) is 0. The topological polar surface area (TPSA) is 3.01 Å². The van der Waals surface area contributed by atoms with E-state index in [1.807, 2.05) is 11.8 Å². The number of rotatable bonds is 3. The van der Waals surface area contributed by atoms with E-state index in [0.29, 0.717) is 0 Å². The molecule has 0 amide bonds. The molecule has 0 saturated carbocycles. The Hall–Kier alpha value is -0.280. The second-order valence-corrected chi connectivity index (χ2v) is 5.17.